The Labute approximate surface area is 207 Å². The Kier molecular flexibility index (Phi) is 10.7. The lowest BCUT2D eigenvalue weighted by Crippen LogP contribution is -2.48. The van der Waals surface area contributed by atoms with Crippen LogP contribution in [-0.2, 0) is 21.9 Å². The van der Waals surface area contributed by atoms with Gasteiger partial charge in [0.05, 0.1) is 5.75 Å². The van der Waals surface area contributed by atoms with Gasteiger partial charge >= 0.3 is 0 Å². The second kappa shape index (κ2) is 12.7. The first-order chi connectivity index (χ1) is 14.7. The predicted molar refractivity (Wildman–Crippen MR) is 135 cm³/mol. The molecule has 2 rings (SSSR count). The number of rotatable bonds is 10. The van der Waals surface area contributed by atoms with E-state index in [9.17, 15) is 9.59 Å². The van der Waals surface area contributed by atoms with E-state index in [0.29, 0.717) is 34.8 Å². The largest absolute Gasteiger partial charge is 0.354 e. The summed E-state index contributed by atoms with van der Waals surface area (Å²) in [4.78, 5) is 27.4. The van der Waals surface area contributed by atoms with Gasteiger partial charge in [-0.3, -0.25) is 9.59 Å². The van der Waals surface area contributed by atoms with E-state index in [0.717, 1.165) is 15.6 Å². The van der Waals surface area contributed by atoms with Crippen LogP contribution in [0.15, 0.2) is 46.9 Å². The van der Waals surface area contributed by atoms with Crippen molar-refractivity contribution < 1.29 is 9.59 Å². The number of thioether (sulfide) groups is 1. The molecule has 4 nitrogen and oxygen atoms in total. The van der Waals surface area contributed by atoms with Crippen LogP contribution in [0, 0.1) is 5.92 Å². The van der Waals surface area contributed by atoms with Crippen molar-refractivity contribution in [2.24, 2.45) is 5.92 Å². The van der Waals surface area contributed by atoms with Crippen molar-refractivity contribution in [1.29, 1.82) is 0 Å². The fraction of sp³-hybridized carbons (Fsp3) is 0.391. The Balaban J connectivity index is 2.08. The maximum Gasteiger partial charge on any atom is 0.242 e. The highest BCUT2D eigenvalue weighted by Crippen LogP contribution is 2.25. The van der Waals surface area contributed by atoms with Crippen LogP contribution >= 0.6 is 50.9 Å². The van der Waals surface area contributed by atoms with Crippen LogP contribution in [0.1, 0.15) is 31.9 Å². The van der Waals surface area contributed by atoms with Crippen molar-refractivity contribution in [2.45, 2.75) is 39.1 Å². The average Bonchev–Trinajstić information content (AvgIpc) is 2.71. The van der Waals surface area contributed by atoms with Crippen molar-refractivity contribution in [1.82, 2.24) is 10.2 Å². The topological polar surface area (TPSA) is 49.4 Å². The molecular formula is C23H27BrCl2N2O2S. The van der Waals surface area contributed by atoms with E-state index < -0.39 is 6.04 Å². The van der Waals surface area contributed by atoms with Crippen LogP contribution in [0.2, 0.25) is 10.0 Å². The molecule has 0 radical (unpaired) electrons. The maximum absolute atomic E-state index is 13.1. The normalized spacial score (nSPS) is 12.0. The Morgan fingerprint density at radius 3 is 2.52 bits per heavy atom. The van der Waals surface area contributed by atoms with Crippen molar-refractivity contribution >= 4 is 62.7 Å². The molecule has 0 saturated carbocycles. The van der Waals surface area contributed by atoms with E-state index in [1.165, 1.54) is 11.8 Å². The molecule has 2 aromatic rings. The lowest BCUT2D eigenvalue weighted by Gasteiger charge is -2.29. The molecule has 0 bridgehead atoms. The van der Waals surface area contributed by atoms with Gasteiger partial charge < -0.3 is 10.2 Å². The summed E-state index contributed by atoms with van der Waals surface area (Å²) < 4.78 is 0.932. The molecule has 168 valence electrons. The maximum atomic E-state index is 13.1. The predicted octanol–water partition coefficient (Wildman–Crippen LogP) is 6.18. The zero-order valence-electron chi connectivity index (χ0n) is 17.8. The molecule has 31 heavy (non-hydrogen) atoms. The van der Waals surface area contributed by atoms with Crippen molar-refractivity contribution in [3.05, 3.63) is 68.1 Å². The summed E-state index contributed by atoms with van der Waals surface area (Å²) in [5.74, 6) is 0.921. The molecule has 2 aromatic carbocycles. The van der Waals surface area contributed by atoms with E-state index in [1.54, 1.807) is 24.0 Å². The molecule has 0 aromatic heterocycles. The molecule has 1 atom stereocenters. The van der Waals surface area contributed by atoms with Gasteiger partial charge in [-0.05, 0) is 48.2 Å². The summed E-state index contributed by atoms with van der Waals surface area (Å²) >= 11 is 17.1. The molecule has 0 fully saturated rings. The van der Waals surface area contributed by atoms with Gasteiger partial charge in [0.2, 0.25) is 11.8 Å². The quantitative estimate of drug-likeness (QED) is 0.388. The smallest absolute Gasteiger partial charge is 0.242 e. The summed E-state index contributed by atoms with van der Waals surface area (Å²) in [6.07, 6.45) is 0. The Bertz CT molecular complexity index is 911. The molecule has 0 heterocycles. The molecule has 0 spiro atoms. The summed E-state index contributed by atoms with van der Waals surface area (Å²) in [5.41, 5.74) is 1.88. The molecule has 2 amide bonds. The summed E-state index contributed by atoms with van der Waals surface area (Å²) in [5, 5.41) is 4.09. The average molecular weight is 546 g/mol. The van der Waals surface area contributed by atoms with Gasteiger partial charge in [-0.15, -0.1) is 11.8 Å². The standard InChI is InChI=1S/C23H27BrCl2N2O2S/c1-15(2)11-27-23(30)16(3)28(12-17-5-4-6-19(24)9-17)22(29)14-31-13-18-7-8-20(25)10-21(18)26/h4-10,15-16H,11-14H2,1-3H3,(H,27,30)/t16-/m0/s1. The fourth-order valence-corrected chi connectivity index (χ4v) is 4.75. The van der Waals surface area contributed by atoms with Crippen LogP contribution < -0.4 is 5.32 Å². The SMILES string of the molecule is CC(C)CNC(=O)[C@H](C)N(Cc1cccc(Br)c1)C(=O)CSCc1ccc(Cl)cc1Cl. The van der Waals surface area contributed by atoms with E-state index >= 15 is 0 Å². The lowest BCUT2D eigenvalue weighted by molar-refractivity contribution is -0.138. The zero-order chi connectivity index (χ0) is 23.0. The Morgan fingerprint density at radius 1 is 1.13 bits per heavy atom. The van der Waals surface area contributed by atoms with E-state index in [2.05, 4.69) is 21.2 Å². The summed E-state index contributed by atoms with van der Waals surface area (Å²) in [6.45, 7) is 6.77. The first kappa shape index (κ1) is 26.0. The van der Waals surface area contributed by atoms with Crippen LogP contribution in [0.5, 0.6) is 0 Å². The highest BCUT2D eigenvalue weighted by Gasteiger charge is 2.26. The molecule has 0 aliphatic carbocycles. The monoisotopic (exact) mass is 544 g/mol. The van der Waals surface area contributed by atoms with Gasteiger partial charge in [0.25, 0.3) is 0 Å². The number of carbonyl (C=O) groups excluding carboxylic acids is 2. The third-order valence-corrected chi connectivity index (χ3v) is 6.64. The van der Waals surface area contributed by atoms with Gasteiger partial charge in [-0.1, -0.05) is 71.2 Å². The van der Waals surface area contributed by atoms with Gasteiger partial charge in [0, 0.05) is 33.4 Å². The fourth-order valence-electron chi connectivity index (χ4n) is 2.84. The number of nitrogens with one attached hydrogen (secondary N) is 1. The van der Waals surface area contributed by atoms with Gasteiger partial charge in [-0.25, -0.2) is 0 Å². The third-order valence-electron chi connectivity index (χ3n) is 4.59. The second-order valence-electron chi connectivity index (χ2n) is 7.70. The molecular weight excluding hydrogens is 519 g/mol. The number of nitrogens with zero attached hydrogens (tertiary/aromatic N) is 1. The molecule has 0 saturated heterocycles. The Morgan fingerprint density at radius 2 is 1.87 bits per heavy atom. The molecule has 8 heteroatoms. The minimum absolute atomic E-state index is 0.0951. The minimum Gasteiger partial charge on any atom is -0.354 e. The number of carbonyl (C=O) groups is 2. The minimum atomic E-state index is -0.579. The van der Waals surface area contributed by atoms with Gasteiger partial charge in [0.15, 0.2) is 0 Å². The van der Waals surface area contributed by atoms with Gasteiger partial charge in [-0.2, -0.15) is 0 Å². The first-order valence-corrected chi connectivity index (χ1v) is 12.7. The van der Waals surface area contributed by atoms with Crippen molar-refractivity contribution in [3.63, 3.8) is 0 Å². The van der Waals surface area contributed by atoms with Crippen LogP contribution in [0.25, 0.3) is 0 Å². The van der Waals surface area contributed by atoms with Crippen LogP contribution in [0.4, 0.5) is 0 Å². The number of halogens is 3. The molecule has 0 aliphatic rings. The third kappa shape index (κ3) is 8.68. The highest BCUT2D eigenvalue weighted by molar-refractivity contribution is 9.10. The van der Waals surface area contributed by atoms with Gasteiger partial charge in [0.1, 0.15) is 6.04 Å². The molecule has 0 unspecified atom stereocenters. The van der Waals surface area contributed by atoms with Crippen molar-refractivity contribution in [2.75, 3.05) is 12.3 Å². The zero-order valence-corrected chi connectivity index (χ0v) is 21.7. The Hall–Kier alpha value is -1.21. The van der Waals surface area contributed by atoms with Crippen LogP contribution in [0.3, 0.4) is 0 Å². The number of hydrogen-bond acceptors (Lipinski definition) is 3. The van der Waals surface area contributed by atoms with E-state index in [4.69, 9.17) is 23.2 Å². The van der Waals surface area contributed by atoms with E-state index in [-0.39, 0.29) is 17.6 Å². The number of hydrogen-bond donors (Lipinski definition) is 1. The highest BCUT2D eigenvalue weighted by atomic mass is 79.9. The number of amides is 2. The summed E-state index contributed by atoms with van der Waals surface area (Å²) in [6, 6.07) is 12.5. The van der Waals surface area contributed by atoms with Crippen LogP contribution in [-0.4, -0.2) is 35.1 Å². The number of benzene rings is 2. The summed E-state index contributed by atoms with van der Waals surface area (Å²) in [7, 11) is 0. The molecule has 1 N–H and O–H groups in total. The lowest BCUT2D eigenvalue weighted by atomic mass is 10.1. The van der Waals surface area contributed by atoms with E-state index in [1.807, 2.05) is 44.2 Å². The second-order valence-corrected chi connectivity index (χ2v) is 10.4. The first-order valence-electron chi connectivity index (χ1n) is 10.0. The molecule has 0 aliphatic heterocycles. The van der Waals surface area contributed by atoms with Crippen molar-refractivity contribution in [3.8, 4) is 0 Å².